The van der Waals surface area contributed by atoms with Gasteiger partial charge in [-0.3, -0.25) is 9.59 Å². The van der Waals surface area contributed by atoms with Crippen molar-refractivity contribution in [3.8, 4) is 33.5 Å². The summed E-state index contributed by atoms with van der Waals surface area (Å²) in [6.07, 6.45) is 3.12. The topological polar surface area (TPSA) is 103 Å². The number of aryl methyl sites for hydroxylation is 3. The van der Waals surface area contributed by atoms with Gasteiger partial charge < -0.3 is 14.2 Å². The van der Waals surface area contributed by atoms with E-state index in [4.69, 9.17) is 0 Å². The Hall–Kier alpha value is -5.13. The van der Waals surface area contributed by atoms with Crippen LogP contribution < -0.4 is 11.1 Å². The van der Waals surface area contributed by atoms with E-state index in [0.29, 0.717) is 33.9 Å². The largest absolute Gasteiger partial charge is 0.386 e. The van der Waals surface area contributed by atoms with Crippen molar-refractivity contribution in [2.24, 2.45) is 14.1 Å². The number of pyridine rings is 2. The summed E-state index contributed by atoms with van der Waals surface area (Å²) in [6.45, 7) is 5.09. The summed E-state index contributed by atoms with van der Waals surface area (Å²) in [4.78, 5) is 26.9. The highest BCUT2D eigenvalue weighted by Crippen LogP contribution is 2.40. The van der Waals surface area contributed by atoms with E-state index in [1.807, 2.05) is 6.07 Å². The Bertz CT molecular complexity index is 2450. The number of halogens is 2. The van der Waals surface area contributed by atoms with E-state index >= 15 is 4.39 Å². The Morgan fingerprint density at radius 1 is 0.766 bits per heavy atom. The zero-order valence-electron chi connectivity index (χ0n) is 26.2. The van der Waals surface area contributed by atoms with Gasteiger partial charge in [-0.1, -0.05) is 35.9 Å². The molecule has 6 aromatic rings. The van der Waals surface area contributed by atoms with Gasteiger partial charge in [0.15, 0.2) is 0 Å². The fourth-order valence-electron chi connectivity index (χ4n) is 5.70. The highest BCUT2D eigenvalue weighted by Gasteiger charge is 2.30. The molecule has 0 unspecified atom stereocenters. The molecule has 3 aromatic carbocycles. The zero-order valence-corrected chi connectivity index (χ0v) is 27.1. The van der Waals surface area contributed by atoms with Crippen LogP contribution in [-0.4, -0.2) is 26.6 Å². The third-order valence-corrected chi connectivity index (χ3v) is 9.99. The second kappa shape index (κ2) is 11.3. The third kappa shape index (κ3) is 5.51. The van der Waals surface area contributed by atoms with E-state index < -0.39 is 32.8 Å². The van der Waals surface area contributed by atoms with Gasteiger partial charge in [0.05, 0.1) is 16.2 Å². The molecular formula is C36H31F2N3O5S. The van der Waals surface area contributed by atoms with Crippen molar-refractivity contribution in [3.05, 3.63) is 135 Å². The Morgan fingerprint density at radius 3 is 2.11 bits per heavy atom. The molecule has 0 atom stereocenters. The number of hydrogen-bond donors (Lipinski definition) is 1. The Labute approximate surface area is 269 Å². The molecule has 3 heterocycles. The summed E-state index contributed by atoms with van der Waals surface area (Å²) in [7, 11) is -1.49. The molecule has 240 valence electrons. The highest BCUT2D eigenvalue weighted by molar-refractivity contribution is 7.90. The van der Waals surface area contributed by atoms with Crippen molar-refractivity contribution < 1.29 is 22.3 Å². The van der Waals surface area contributed by atoms with Crippen molar-refractivity contribution in [1.29, 1.82) is 0 Å². The van der Waals surface area contributed by atoms with E-state index in [0.717, 1.165) is 21.7 Å². The molecule has 0 spiro atoms. The number of aromatic nitrogens is 3. The molecule has 0 saturated carbocycles. The van der Waals surface area contributed by atoms with E-state index in [1.165, 1.54) is 46.6 Å². The fraction of sp³-hybridized carbons (Fsp3) is 0.167. The minimum absolute atomic E-state index is 0.135. The van der Waals surface area contributed by atoms with E-state index in [1.54, 1.807) is 64.3 Å². The molecule has 0 aliphatic carbocycles. The first-order chi connectivity index (χ1) is 22.1. The molecule has 1 N–H and O–H groups in total. The summed E-state index contributed by atoms with van der Waals surface area (Å²) in [5, 5.41) is 10.8. The van der Waals surface area contributed by atoms with Crippen LogP contribution in [0.4, 0.5) is 8.78 Å². The van der Waals surface area contributed by atoms with Gasteiger partial charge in [0.1, 0.15) is 17.2 Å². The second-order valence-electron chi connectivity index (χ2n) is 12.1. The van der Waals surface area contributed by atoms with Crippen LogP contribution in [0, 0.1) is 18.6 Å². The average molecular weight is 656 g/mol. The summed E-state index contributed by atoms with van der Waals surface area (Å²) in [5.74, 6) is -1.88. The average Bonchev–Trinajstić information content (AvgIpc) is 3.41. The zero-order chi connectivity index (χ0) is 34.0. The lowest BCUT2D eigenvalue weighted by molar-refractivity contribution is 0.0786. The summed E-state index contributed by atoms with van der Waals surface area (Å²) < 4.78 is 61.6. The molecule has 6 rings (SSSR count). The molecule has 0 bridgehead atoms. The predicted molar refractivity (Wildman–Crippen MR) is 178 cm³/mol. The smallest absolute Gasteiger partial charge is 0.275 e. The van der Waals surface area contributed by atoms with Crippen molar-refractivity contribution in [1.82, 2.24) is 13.1 Å². The number of aliphatic hydroxyl groups is 1. The van der Waals surface area contributed by atoms with Gasteiger partial charge >= 0.3 is 0 Å². The van der Waals surface area contributed by atoms with E-state index in [-0.39, 0.29) is 32.6 Å². The van der Waals surface area contributed by atoms with Gasteiger partial charge in [-0.2, -0.15) is 0 Å². The Kier molecular flexibility index (Phi) is 7.65. The molecular weight excluding hydrogens is 624 g/mol. The standard InChI is InChI=1S/C36H31F2N3O5S/c1-21-9-12-25(13-10-21)47(45,46)41-32(26-14-11-24(37)16-31(26)38)17-28-30(20-40(5)35(43)34(28)41)27-18-33(42)39(4)19-29(27)22-7-6-8-23(15-22)36(2,3)44/h6-20,44H,1-5H3. The third-order valence-electron chi connectivity index (χ3n) is 8.26. The maximum absolute atomic E-state index is 15.4. The van der Waals surface area contributed by atoms with Crippen LogP contribution in [0.1, 0.15) is 25.0 Å². The number of nitrogens with zero attached hydrogens (tertiary/aromatic N) is 3. The minimum Gasteiger partial charge on any atom is -0.386 e. The van der Waals surface area contributed by atoms with Crippen molar-refractivity contribution in [3.63, 3.8) is 0 Å². The second-order valence-corrected chi connectivity index (χ2v) is 13.9. The van der Waals surface area contributed by atoms with Crippen molar-refractivity contribution >= 4 is 20.9 Å². The highest BCUT2D eigenvalue weighted by atomic mass is 32.2. The van der Waals surface area contributed by atoms with Crippen LogP contribution in [0.25, 0.3) is 44.4 Å². The van der Waals surface area contributed by atoms with Gasteiger partial charge in [-0.15, -0.1) is 0 Å². The van der Waals surface area contributed by atoms with Gasteiger partial charge in [-0.25, -0.2) is 21.2 Å². The number of fused-ring (bicyclic) bond motifs is 1. The number of rotatable bonds is 6. The molecule has 0 aliphatic heterocycles. The summed E-state index contributed by atoms with van der Waals surface area (Å²) in [5.41, 5.74) is 0.366. The molecule has 0 aliphatic rings. The molecule has 3 aromatic heterocycles. The minimum atomic E-state index is -4.53. The molecule has 0 fully saturated rings. The SMILES string of the molecule is Cc1ccc(S(=O)(=O)n2c(-c3ccc(F)cc3F)cc3c(-c4cc(=O)n(C)cc4-c4cccc(C(C)(C)O)c4)cn(C)c(=O)c32)cc1. The first-order valence-corrected chi connectivity index (χ1v) is 16.1. The fourth-order valence-corrected chi connectivity index (χ4v) is 7.22. The number of hydrogen-bond acceptors (Lipinski definition) is 5. The van der Waals surface area contributed by atoms with Gasteiger partial charge in [0.2, 0.25) is 0 Å². The van der Waals surface area contributed by atoms with Crippen LogP contribution in [0.2, 0.25) is 0 Å². The summed E-state index contributed by atoms with van der Waals surface area (Å²) in [6, 6.07) is 18.7. The van der Waals surface area contributed by atoms with Crippen LogP contribution >= 0.6 is 0 Å². The normalized spacial score (nSPS) is 12.2. The lowest BCUT2D eigenvalue weighted by Gasteiger charge is -2.20. The monoisotopic (exact) mass is 655 g/mol. The van der Waals surface area contributed by atoms with Gasteiger partial charge in [0.25, 0.3) is 21.1 Å². The molecule has 8 nitrogen and oxygen atoms in total. The molecule has 11 heteroatoms. The van der Waals surface area contributed by atoms with Crippen molar-refractivity contribution in [2.45, 2.75) is 31.3 Å². The molecule has 0 amide bonds. The van der Waals surface area contributed by atoms with Crippen LogP contribution in [0.5, 0.6) is 0 Å². The van der Waals surface area contributed by atoms with Crippen LogP contribution in [0.3, 0.4) is 0 Å². The first kappa shape index (κ1) is 31.8. The first-order valence-electron chi connectivity index (χ1n) is 14.6. The lowest BCUT2D eigenvalue weighted by Crippen LogP contribution is -2.23. The maximum Gasteiger partial charge on any atom is 0.275 e. The van der Waals surface area contributed by atoms with Crippen LogP contribution in [-0.2, 0) is 29.7 Å². The molecule has 0 saturated heterocycles. The predicted octanol–water partition coefficient (Wildman–Crippen LogP) is 6.09. The Balaban J connectivity index is 1.77. The number of benzene rings is 3. The maximum atomic E-state index is 15.4. The van der Waals surface area contributed by atoms with Crippen LogP contribution in [0.15, 0.2) is 106 Å². The molecule has 47 heavy (non-hydrogen) atoms. The quantitative estimate of drug-likeness (QED) is 0.234. The van der Waals surface area contributed by atoms with Crippen molar-refractivity contribution in [2.75, 3.05) is 0 Å². The molecule has 0 radical (unpaired) electrons. The van der Waals surface area contributed by atoms with Gasteiger partial charge in [-0.05, 0) is 73.9 Å². The lowest BCUT2D eigenvalue weighted by atomic mass is 9.91. The Morgan fingerprint density at radius 2 is 1.45 bits per heavy atom. The van der Waals surface area contributed by atoms with Gasteiger partial charge in [0, 0.05) is 60.7 Å². The van der Waals surface area contributed by atoms with E-state index in [9.17, 15) is 27.5 Å². The van der Waals surface area contributed by atoms with E-state index in [2.05, 4.69) is 0 Å². The summed E-state index contributed by atoms with van der Waals surface area (Å²) >= 11 is 0.